The molecule has 2 amide bonds. The lowest BCUT2D eigenvalue weighted by molar-refractivity contribution is -0.142. The fourth-order valence-electron chi connectivity index (χ4n) is 4.86. The van der Waals surface area contributed by atoms with Gasteiger partial charge in [-0.2, -0.15) is 0 Å². The third-order valence-corrected chi connectivity index (χ3v) is 8.11. The summed E-state index contributed by atoms with van der Waals surface area (Å²) in [4.78, 5) is 47.0. The number of H-pyrrole nitrogens is 1. The summed E-state index contributed by atoms with van der Waals surface area (Å²) in [6, 6.07) is 30.3. The number of carbonyl (C=O) groups is 3. The van der Waals surface area contributed by atoms with Crippen LogP contribution in [-0.2, 0) is 16.0 Å². The first-order chi connectivity index (χ1) is 22.0. The molecule has 224 valence electrons. The number of fused-ring (bicyclic) bond motifs is 1. The van der Waals surface area contributed by atoms with Gasteiger partial charge in [0.2, 0.25) is 0 Å². The third kappa shape index (κ3) is 6.92. The Morgan fingerprint density at radius 2 is 1.64 bits per heavy atom. The highest BCUT2D eigenvalue weighted by molar-refractivity contribution is 7.17. The normalized spacial score (nSPS) is 11.5. The molecule has 0 bridgehead atoms. The first-order valence-electron chi connectivity index (χ1n) is 14.1. The molecular formula is C35H28N4O5S. The van der Waals surface area contributed by atoms with Crippen LogP contribution >= 0.6 is 11.3 Å². The van der Waals surface area contributed by atoms with Gasteiger partial charge in [-0.15, -0.1) is 11.3 Å². The minimum atomic E-state index is -0.892. The molecule has 0 aliphatic heterocycles. The van der Waals surface area contributed by atoms with Crippen LogP contribution in [0.5, 0.6) is 11.5 Å². The number of aromatic amines is 1. The molecule has 0 fully saturated rings. The average Bonchev–Trinajstić information content (AvgIpc) is 3.73. The van der Waals surface area contributed by atoms with E-state index >= 15 is 0 Å². The minimum absolute atomic E-state index is 0.258. The number of carbonyl (C=O) groups excluding carboxylic acids is 3. The SMILES string of the molecule is COC(=O)[C@H](Cc1c[nH]c2ccccc12)NC(=O)c1cccc(-c2ncc(C(=O)Nc3cccc(Oc4ccccc4)c3)s2)c1. The van der Waals surface area contributed by atoms with Crippen molar-refractivity contribution in [3.05, 3.63) is 132 Å². The summed E-state index contributed by atoms with van der Waals surface area (Å²) < 4.78 is 10.9. The monoisotopic (exact) mass is 616 g/mol. The molecule has 0 aliphatic carbocycles. The zero-order chi connectivity index (χ0) is 31.2. The molecular weight excluding hydrogens is 588 g/mol. The van der Waals surface area contributed by atoms with Gasteiger partial charge in [-0.05, 0) is 48.0 Å². The predicted octanol–water partition coefficient (Wildman–Crippen LogP) is 6.85. The van der Waals surface area contributed by atoms with E-state index in [2.05, 4.69) is 20.6 Å². The Morgan fingerprint density at radius 1 is 0.867 bits per heavy atom. The Kier molecular flexibility index (Phi) is 8.65. The molecule has 6 rings (SSSR count). The van der Waals surface area contributed by atoms with Crippen molar-refractivity contribution < 1.29 is 23.9 Å². The first kappa shape index (κ1) is 29.3. The van der Waals surface area contributed by atoms with Crippen molar-refractivity contribution >= 4 is 45.7 Å². The number of aromatic nitrogens is 2. The van der Waals surface area contributed by atoms with E-state index in [4.69, 9.17) is 9.47 Å². The van der Waals surface area contributed by atoms with Crippen LogP contribution < -0.4 is 15.4 Å². The van der Waals surface area contributed by atoms with Crippen LogP contribution in [0.2, 0.25) is 0 Å². The fraction of sp³-hybridized carbons (Fsp3) is 0.0857. The van der Waals surface area contributed by atoms with Crippen molar-refractivity contribution in [1.29, 1.82) is 0 Å². The lowest BCUT2D eigenvalue weighted by atomic mass is 10.0. The maximum absolute atomic E-state index is 13.3. The van der Waals surface area contributed by atoms with Gasteiger partial charge in [0.25, 0.3) is 11.8 Å². The summed E-state index contributed by atoms with van der Waals surface area (Å²) in [7, 11) is 1.29. The van der Waals surface area contributed by atoms with Crippen LogP contribution in [0.15, 0.2) is 116 Å². The second-order valence-electron chi connectivity index (χ2n) is 10.1. The van der Waals surface area contributed by atoms with Crippen molar-refractivity contribution in [2.45, 2.75) is 12.5 Å². The van der Waals surface area contributed by atoms with Gasteiger partial charge in [-0.3, -0.25) is 9.59 Å². The topological polar surface area (TPSA) is 122 Å². The van der Waals surface area contributed by atoms with Crippen molar-refractivity contribution in [2.75, 3.05) is 12.4 Å². The van der Waals surface area contributed by atoms with Gasteiger partial charge in [-0.25, -0.2) is 9.78 Å². The zero-order valence-corrected chi connectivity index (χ0v) is 25.0. The van der Waals surface area contributed by atoms with Gasteiger partial charge >= 0.3 is 5.97 Å². The third-order valence-electron chi connectivity index (χ3n) is 7.06. The number of thiazole rings is 1. The summed E-state index contributed by atoms with van der Waals surface area (Å²) in [6.45, 7) is 0. The number of ether oxygens (including phenoxy) is 2. The minimum Gasteiger partial charge on any atom is -0.467 e. The molecule has 0 unspecified atom stereocenters. The van der Waals surface area contributed by atoms with Crippen LogP contribution in [0.4, 0.5) is 5.69 Å². The summed E-state index contributed by atoms with van der Waals surface area (Å²) >= 11 is 1.20. The molecule has 2 aromatic heterocycles. The molecule has 45 heavy (non-hydrogen) atoms. The Morgan fingerprint density at radius 3 is 2.49 bits per heavy atom. The van der Waals surface area contributed by atoms with Crippen molar-refractivity contribution in [3.8, 4) is 22.1 Å². The number of nitrogens with zero attached hydrogens (tertiary/aromatic N) is 1. The molecule has 3 N–H and O–H groups in total. The number of anilines is 1. The molecule has 2 heterocycles. The molecule has 0 saturated heterocycles. The molecule has 0 radical (unpaired) electrons. The number of methoxy groups -OCH3 is 1. The number of esters is 1. The van der Waals surface area contributed by atoms with E-state index in [0.29, 0.717) is 38.2 Å². The molecule has 0 aliphatic rings. The quantitative estimate of drug-likeness (QED) is 0.145. The van der Waals surface area contributed by atoms with Crippen LogP contribution in [0.25, 0.3) is 21.5 Å². The Labute approximate surface area is 262 Å². The molecule has 1 atom stereocenters. The van der Waals surface area contributed by atoms with Crippen molar-refractivity contribution in [3.63, 3.8) is 0 Å². The summed E-state index contributed by atoms with van der Waals surface area (Å²) in [5.41, 5.74) is 3.42. The Balaban J connectivity index is 1.13. The number of para-hydroxylation sites is 2. The maximum atomic E-state index is 13.3. The van der Waals surface area contributed by atoms with Crippen LogP contribution in [0.1, 0.15) is 25.6 Å². The van der Waals surface area contributed by atoms with Gasteiger partial charge in [0.05, 0.1) is 13.3 Å². The molecule has 9 nitrogen and oxygen atoms in total. The van der Waals surface area contributed by atoms with E-state index in [0.717, 1.165) is 16.5 Å². The van der Waals surface area contributed by atoms with Gasteiger partial charge in [0.1, 0.15) is 27.4 Å². The fourth-order valence-corrected chi connectivity index (χ4v) is 5.67. The highest BCUT2D eigenvalue weighted by Crippen LogP contribution is 2.28. The highest BCUT2D eigenvalue weighted by Gasteiger charge is 2.24. The maximum Gasteiger partial charge on any atom is 0.328 e. The second kappa shape index (κ2) is 13.3. The lowest BCUT2D eigenvalue weighted by Gasteiger charge is -2.16. The van der Waals surface area contributed by atoms with E-state index in [-0.39, 0.29) is 12.3 Å². The number of hydrogen-bond donors (Lipinski definition) is 3. The van der Waals surface area contributed by atoms with Gasteiger partial charge in [-0.1, -0.05) is 54.6 Å². The van der Waals surface area contributed by atoms with Gasteiger partial charge < -0.3 is 25.1 Å². The van der Waals surface area contributed by atoms with E-state index in [9.17, 15) is 14.4 Å². The standard InChI is InChI=1S/C35H28N4O5S/c1-43-35(42)30(18-24-20-36-29-16-6-5-15-28(24)29)39-32(40)22-9-7-10-23(17-22)34-37-21-31(45-34)33(41)38-25-11-8-14-27(19-25)44-26-12-3-2-4-13-26/h2-17,19-21,30,36H,18H2,1H3,(H,38,41)(H,39,40)/t30-/m0/s1. The molecule has 10 heteroatoms. The molecule has 0 spiro atoms. The number of rotatable bonds is 10. The van der Waals surface area contributed by atoms with Crippen LogP contribution in [0, 0.1) is 0 Å². The smallest absolute Gasteiger partial charge is 0.328 e. The second-order valence-corrected chi connectivity index (χ2v) is 11.2. The number of amides is 2. The largest absolute Gasteiger partial charge is 0.467 e. The average molecular weight is 617 g/mol. The molecule has 0 saturated carbocycles. The first-order valence-corrected chi connectivity index (χ1v) is 14.9. The highest BCUT2D eigenvalue weighted by atomic mass is 32.1. The summed E-state index contributed by atoms with van der Waals surface area (Å²) in [6.07, 6.45) is 3.59. The number of hydrogen-bond acceptors (Lipinski definition) is 7. The van der Waals surface area contributed by atoms with E-state index in [1.807, 2.05) is 72.9 Å². The number of benzene rings is 4. The predicted molar refractivity (Wildman–Crippen MR) is 174 cm³/mol. The zero-order valence-electron chi connectivity index (χ0n) is 24.2. The number of nitrogens with one attached hydrogen (secondary N) is 3. The Hall–Kier alpha value is -5.74. The van der Waals surface area contributed by atoms with E-state index in [1.165, 1.54) is 24.6 Å². The van der Waals surface area contributed by atoms with Crippen molar-refractivity contribution in [1.82, 2.24) is 15.3 Å². The summed E-state index contributed by atoms with van der Waals surface area (Å²) in [5, 5.41) is 7.24. The van der Waals surface area contributed by atoms with Crippen LogP contribution in [-0.4, -0.2) is 40.9 Å². The summed E-state index contributed by atoms with van der Waals surface area (Å²) in [5.74, 6) is -0.00600. The van der Waals surface area contributed by atoms with E-state index in [1.54, 1.807) is 36.4 Å². The van der Waals surface area contributed by atoms with Gasteiger partial charge in [0.15, 0.2) is 0 Å². The van der Waals surface area contributed by atoms with Crippen molar-refractivity contribution in [2.24, 2.45) is 0 Å². The molecule has 4 aromatic carbocycles. The Bertz CT molecular complexity index is 1980. The van der Waals surface area contributed by atoms with Gasteiger partial charge in [0, 0.05) is 46.4 Å². The lowest BCUT2D eigenvalue weighted by Crippen LogP contribution is -2.43. The van der Waals surface area contributed by atoms with Crippen LogP contribution in [0.3, 0.4) is 0 Å². The van der Waals surface area contributed by atoms with E-state index < -0.39 is 17.9 Å². The molecule has 6 aromatic rings.